The molecule has 144 valence electrons. The van der Waals surface area contributed by atoms with Crippen LogP contribution in [-0.4, -0.2) is 35.5 Å². The minimum atomic E-state index is -0.695. The highest BCUT2D eigenvalue weighted by Gasteiger charge is 2.19. The number of urea groups is 1. The smallest absolute Gasteiger partial charge is 0.350 e. The van der Waals surface area contributed by atoms with Crippen molar-refractivity contribution in [2.45, 2.75) is 40.2 Å². The molecule has 1 heterocycles. The number of benzene rings is 1. The maximum atomic E-state index is 12.2. The predicted molar refractivity (Wildman–Crippen MR) is 104 cm³/mol. The van der Waals surface area contributed by atoms with E-state index in [4.69, 9.17) is 4.74 Å². The fourth-order valence-electron chi connectivity index (χ4n) is 2.25. The monoisotopic (exact) mass is 389 g/mol. The lowest BCUT2D eigenvalue weighted by molar-refractivity contribution is -0.123. The number of hydrogen-bond acceptors (Lipinski definition) is 6. The Labute approximate surface area is 162 Å². The second-order valence-corrected chi connectivity index (χ2v) is 7.24. The molecule has 2 N–H and O–H groups in total. The third-order valence-corrected chi connectivity index (χ3v) is 4.78. The number of hydrogen-bond donors (Lipinski definition) is 2. The van der Waals surface area contributed by atoms with Crippen LogP contribution in [0.15, 0.2) is 24.3 Å². The van der Waals surface area contributed by atoms with Gasteiger partial charge in [-0.05, 0) is 32.8 Å². The van der Waals surface area contributed by atoms with E-state index in [1.807, 2.05) is 24.3 Å². The molecule has 2 rings (SSSR count). The van der Waals surface area contributed by atoms with E-state index in [0.717, 1.165) is 12.0 Å². The van der Waals surface area contributed by atoms with Crippen molar-refractivity contribution >= 4 is 29.2 Å². The molecule has 7 nitrogen and oxygen atoms in total. The van der Waals surface area contributed by atoms with E-state index in [1.165, 1.54) is 16.9 Å². The van der Waals surface area contributed by atoms with E-state index in [2.05, 4.69) is 22.5 Å². The summed E-state index contributed by atoms with van der Waals surface area (Å²) in [6.45, 7) is 6.79. The Balaban J connectivity index is 1.97. The largest absolute Gasteiger partial charge is 0.451 e. The molecular formula is C19H23N3O4S. The number of thiazole rings is 1. The van der Waals surface area contributed by atoms with Gasteiger partial charge in [-0.3, -0.25) is 10.1 Å². The Bertz CT molecular complexity index is 828. The first-order chi connectivity index (χ1) is 12.8. The molecule has 0 spiro atoms. The summed E-state index contributed by atoms with van der Waals surface area (Å²) < 4.78 is 5.00. The summed E-state index contributed by atoms with van der Waals surface area (Å²) in [5.74, 6) is -1.33. The second kappa shape index (κ2) is 9.27. The van der Waals surface area contributed by atoms with Crippen molar-refractivity contribution in [2.75, 3.05) is 6.61 Å². The van der Waals surface area contributed by atoms with Gasteiger partial charge < -0.3 is 10.1 Å². The number of carbonyl (C=O) groups is 3. The number of nitrogens with zero attached hydrogens (tertiary/aromatic N) is 1. The summed E-state index contributed by atoms with van der Waals surface area (Å²) in [6.07, 6.45) is 0.950. The number of esters is 1. The van der Waals surface area contributed by atoms with Crippen LogP contribution in [0.25, 0.3) is 10.6 Å². The Morgan fingerprint density at radius 2 is 1.85 bits per heavy atom. The van der Waals surface area contributed by atoms with Gasteiger partial charge in [0.15, 0.2) is 6.61 Å². The zero-order valence-corrected chi connectivity index (χ0v) is 16.6. The van der Waals surface area contributed by atoms with E-state index in [0.29, 0.717) is 15.6 Å². The number of carbonyl (C=O) groups excluding carboxylic acids is 3. The zero-order valence-electron chi connectivity index (χ0n) is 15.8. The third kappa shape index (κ3) is 5.89. The molecule has 0 radical (unpaired) electrons. The van der Waals surface area contributed by atoms with Crippen molar-refractivity contribution < 1.29 is 19.1 Å². The van der Waals surface area contributed by atoms with Crippen molar-refractivity contribution in [3.63, 3.8) is 0 Å². The number of nitrogens with one attached hydrogen (secondary N) is 2. The lowest BCUT2D eigenvalue weighted by Crippen LogP contribution is -2.44. The van der Waals surface area contributed by atoms with Crippen LogP contribution in [0.2, 0.25) is 0 Å². The Morgan fingerprint density at radius 3 is 2.44 bits per heavy atom. The van der Waals surface area contributed by atoms with Gasteiger partial charge in [-0.2, -0.15) is 0 Å². The first-order valence-electron chi connectivity index (χ1n) is 8.64. The van der Waals surface area contributed by atoms with E-state index >= 15 is 0 Å². The van der Waals surface area contributed by atoms with Gasteiger partial charge in [0.05, 0.1) is 5.69 Å². The van der Waals surface area contributed by atoms with E-state index < -0.39 is 24.5 Å². The van der Waals surface area contributed by atoms with Gasteiger partial charge in [0.25, 0.3) is 5.91 Å². The maximum Gasteiger partial charge on any atom is 0.350 e. The van der Waals surface area contributed by atoms with Crippen molar-refractivity contribution in [1.82, 2.24) is 15.6 Å². The average Bonchev–Trinajstić information content (AvgIpc) is 3.00. The highest BCUT2D eigenvalue weighted by Crippen LogP contribution is 2.28. The molecule has 3 amide bonds. The molecule has 27 heavy (non-hydrogen) atoms. The molecule has 0 aliphatic rings. The fraction of sp³-hybridized carbons (Fsp3) is 0.368. The van der Waals surface area contributed by atoms with Crippen LogP contribution in [-0.2, 0) is 16.0 Å². The average molecular weight is 389 g/mol. The Kier molecular flexibility index (Phi) is 7.06. The number of rotatable bonds is 6. The molecule has 0 saturated heterocycles. The molecule has 2 aromatic rings. The van der Waals surface area contributed by atoms with Gasteiger partial charge in [-0.15, -0.1) is 11.3 Å². The number of amides is 3. The van der Waals surface area contributed by atoms with Crippen LogP contribution >= 0.6 is 11.3 Å². The summed E-state index contributed by atoms with van der Waals surface area (Å²) in [6, 6.07) is 7.25. The summed E-state index contributed by atoms with van der Waals surface area (Å²) in [4.78, 5) is 40.1. The van der Waals surface area contributed by atoms with E-state index in [-0.39, 0.29) is 6.04 Å². The van der Waals surface area contributed by atoms with Crippen molar-refractivity contribution in [3.8, 4) is 10.6 Å². The molecule has 0 saturated carbocycles. The molecule has 1 aromatic carbocycles. The topological polar surface area (TPSA) is 97.4 Å². The van der Waals surface area contributed by atoms with Gasteiger partial charge in [-0.1, -0.05) is 31.2 Å². The molecule has 8 heteroatoms. The quantitative estimate of drug-likeness (QED) is 0.740. The van der Waals surface area contributed by atoms with Gasteiger partial charge >= 0.3 is 12.0 Å². The number of aromatic nitrogens is 1. The van der Waals surface area contributed by atoms with Gasteiger partial charge in [0, 0.05) is 11.6 Å². The van der Waals surface area contributed by atoms with E-state index in [1.54, 1.807) is 20.8 Å². The first-order valence-corrected chi connectivity index (χ1v) is 9.46. The van der Waals surface area contributed by atoms with Crippen molar-refractivity contribution in [2.24, 2.45) is 0 Å². The van der Waals surface area contributed by atoms with Gasteiger partial charge in [0.2, 0.25) is 0 Å². The van der Waals surface area contributed by atoms with E-state index in [9.17, 15) is 14.4 Å². The molecular weight excluding hydrogens is 366 g/mol. The van der Waals surface area contributed by atoms with Crippen LogP contribution in [0.3, 0.4) is 0 Å². The summed E-state index contributed by atoms with van der Waals surface area (Å²) in [5.41, 5.74) is 2.68. The SMILES string of the molecule is CCc1ccc(-c2nc(C)c(C(=O)OCC(=O)NC(=O)NC(C)C)s2)cc1. The fourth-order valence-corrected chi connectivity index (χ4v) is 3.22. The van der Waals surface area contributed by atoms with Crippen molar-refractivity contribution in [1.29, 1.82) is 0 Å². The minimum absolute atomic E-state index is 0.106. The highest BCUT2D eigenvalue weighted by molar-refractivity contribution is 7.17. The molecule has 0 unspecified atom stereocenters. The molecule has 0 bridgehead atoms. The van der Waals surface area contributed by atoms with Gasteiger partial charge in [-0.25, -0.2) is 14.6 Å². The summed E-state index contributed by atoms with van der Waals surface area (Å²) >= 11 is 1.21. The van der Waals surface area contributed by atoms with Crippen LogP contribution in [0.5, 0.6) is 0 Å². The number of ether oxygens (including phenoxy) is 1. The first kappa shape index (κ1) is 20.6. The second-order valence-electron chi connectivity index (χ2n) is 6.24. The van der Waals surface area contributed by atoms with Crippen LogP contribution in [0.1, 0.15) is 41.7 Å². The number of imide groups is 1. The summed E-state index contributed by atoms with van der Waals surface area (Å²) in [5, 5.41) is 5.32. The zero-order chi connectivity index (χ0) is 20.0. The Hall–Kier alpha value is -2.74. The lowest BCUT2D eigenvalue weighted by Gasteiger charge is -2.09. The number of aryl methyl sites for hydroxylation is 2. The normalized spacial score (nSPS) is 10.6. The Morgan fingerprint density at radius 1 is 1.19 bits per heavy atom. The summed E-state index contributed by atoms with van der Waals surface area (Å²) in [7, 11) is 0. The highest BCUT2D eigenvalue weighted by atomic mass is 32.1. The van der Waals surface area contributed by atoms with Crippen LogP contribution in [0, 0.1) is 6.92 Å². The van der Waals surface area contributed by atoms with Crippen LogP contribution < -0.4 is 10.6 Å². The molecule has 0 aliphatic heterocycles. The molecule has 0 atom stereocenters. The molecule has 1 aromatic heterocycles. The maximum absolute atomic E-state index is 12.2. The molecule has 0 fully saturated rings. The van der Waals surface area contributed by atoms with Crippen molar-refractivity contribution in [3.05, 3.63) is 40.4 Å². The predicted octanol–water partition coefficient (Wildman–Crippen LogP) is 3.07. The standard InChI is InChI=1S/C19H23N3O4S/c1-5-13-6-8-14(9-7-13)17-21-12(4)16(27-17)18(24)26-10-15(23)22-19(25)20-11(2)3/h6-9,11H,5,10H2,1-4H3,(H2,20,22,23,25). The lowest BCUT2D eigenvalue weighted by atomic mass is 10.1. The van der Waals surface area contributed by atoms with Gasteiger partial charge in [0.1, 0.15) is 9.88 Å². The molecule has 0 aliphatic carbocycles. The minimum Gasteiger partial charge on any atom is -0.451 e. The third-order valence-electron chi connectivity index (χ3n) is 3.60. The van der Waals surface area contributed by atoms with Crippen LogP contribution in [0.4, 0.5) is 4.79 Å².